The number of carboxylic acids is 1. The van der Waals surface area contributed by atoms with E-state index in [1.165, 1.54) is 11.1 Å². The molecule has 2 heterocycles. The van der Waals surface area contributed by atoms with Crippen molar-refractivity contribution in [3.8, 4) is 0 Å². The SMILES string of the molecule is Cc1ccc(Cn2nc(C)c(CCC(=O)N3CCO[C@@H](CC(=O)O)C3)c2C)cc1. The highest BCUT2D eigenvalue weighted by molar-refractivity contribution is 5.77. The van der Waals surface area contributed by atoms with E-state index in [-0.39, 0.29) is 12.3 Å². The van der Waals surface area contributed by atoms with E-state index in [4.69, 9.17) is 9.84 Å². The number of rotatable bonds is 7. The summed E-state index contributed by atoms with van der Waals surface area (Å²) in [5.41, 5.74) is 5.58. The molecule has 0 spiro atoms. The van der Waals surface area contributed by atoms with Crippen molar-refractivity contribution in [3.05, 3.63) is 52.3 Å². The van der Waals surface area contributed by atoms with Crippen LogP contribution >= 0.6 is 0 Å². The van der Waals surface area contributed by atoms with Gasteiger partial charge in [0, 0.05) is 25.2 Å². The third-order valence-corrected chi connectivity index (χ3v) is 5.47. The molecule has 1 aromatic heterocycles. The molecule has 1 aliphatic heterocycles. The number of aryl methyl sites for hydroxylation is 2. The summed E-state index contributed by atoms with van der Waals surface area (Å²) < 4.78 is 7.45. The molecule has 3 rings (SSSR count). The number of hydrogen-bond donors (Lipinski definition) is 1. The van der Waals surface area contributed by atoms with Gasteiger partial charge in [-0.2, -0.15) is 5.10 Å². The minimum atomic E-state index is -0.906. The average molecular weight is 399 g/mol. The zero-order valence-corrected chi connectivity index (χ0v) is 17.4. The van der Waals surface area contributed by atoms with Crippen LogP contribution in [0.4, 0.5) is 0 Å². The van der Waals surface area contributed by atoms with E-state index in [1.807, 2.05) is 18.5 Å². The summed E-state index contributed by atoms with van der Waals surface area (Å²) in [7, 11) is 0. The van der Waals surface area contributed by atoms with Crippen molar-refractivity contribution < 1.29 is 19.4 Å². The first-order valence-corrected chi connectivity index (χ1v) is 10.0. The molecule has 1 aromatic carbocycles. The molecular formula is C22H29N3O4. The number of amides is 1. The standard InChI is InChI=1S/C22H29N3O4/c1-15-4-6-18(7-5-15)13-25-17(3)20(16(2)23-25)8-9-21(26)24-10-11-29-19(14-24)12-22(27)28/h4-7,19H,8-14H2,1-3H3,(H,27,28)/t19-/m0/s1. The Kier molecular flexibility index (Phi) is 6.69. The second-order valence-corrected chi connectivity index (χ2v) is 7.72. The molecule has 1 amide bonds. The predicted molar refractivity (Wildman–Crippen MR) is 109 cm³/mol. The van der Waals surface area contributed by atoms with Gasteiger partial charge >= 0.3 is 5.97 Å². The highest BCUT2D eigenvalue weighted by Crippen LogP contribution is 2.18. The van der Waals surface area contributed by atoms with Gasteiger partial charge in [-0.25, -0.2) is 0 Å². The third kappa shape index (κ3) is 5.44. The average Bonchev–Trinajstić information content (AvgIpc) is 2.94. The van der Waals surface area contributed by atoms with Crippen molar-refractivity contribution in [2.24, 2.45) is 0 Å². The first-order valence-electron chi connectivity index (χ1n) is 10.0. The molecule has 1 aliphatic rings. The number of nitrogens with zero attached hydrogens (tertiary/aromatic N) is 3. The maximum absolute atomic E-state index is 12.7. The van der Waals surface area contributed by atoms with Crippen LogP contribution < -0.4 is 0 Å². The van der Waals surface area contributed by atoms with Crippen molar-refractivity contribution >= 4 is 11.9 Å². The van der Waals surface area contributed by atoms with Crippen molar-refractivity contribution in [2.45, 2.75) is 52.7 Å². The van der Waals surface area contributed by atoms with Crippen molar-refractivity contribution in [1.29, 1.82) is 0 Å². The molecule has 1 atom stereocenters. The van der Waals surface area contributed by atoms with E-state index in [2.05, 4.69) is 36.3 Å². The van der Waals surface area contributed by atoms with Gasteiger partial charge in [-0.3, -0.25) is 14.3 Å². The molecule has 1 N–H and O–H groups in total. The quantitative estimate of drug-likeness (QED) is 0.773. The van der Waals surface area contributed by atoms with E-state index in [0.717, 1.165) is 17.0 Å². The van der Waals surface area contributed by atoms with Crippen LogP contribution in [-0.2, 0) is 27.3 Å². The van der Waals surface area contributed by atoms with Gasteiger partial charge in [-0.15, -0.1) is 0 Å². The van der Waals surface area contributed by atoms with E-state index in [1.54, 1.807) is 4.90 Å². The van der Waals surface area contributed by atoms with Gasteiger partial charge in [0.2, 0.25) is 5.91 Å². The number of ether oxygens (including phenoxy) is 1. The Balaban J connectivity index is 1.60. The molecule has 0 saturated carbocycles. The fraction of sp³-hybridized carbons (Fsp3) is 0.500. The Labute approximate surface area is 171 Å². The first-order chi connectivity index (χ1) is 13.8. The van der Waals surface area contributed by atoms with Gasteiger partial charge in [0.1, 0.15) is 0 Å². The largest absolute Gasteiger partial charge is 0.481 e. The summed E-state index contributed by atoms with van der Waals surface area (Å²) in [6.45, 7) is 8.05. The van der Waals surface area contributed by atoms with Crippen molar-refractivity contribution in [3.63, 3.8) is 0 Å². The molecule has 156 valence electrons. The van der Waals surface area contributed by atoms with Crippen molar-refractivity contribution in [1.82, 2.24) is 14.7 Å². The summed E-state index contributed by atoms with van der Waals surface area (Å²) in [5.74, 6) is -0.870. The molecule has 0 aliphatic carbocycles. The molecule has 2 aromatic rings. The highest BCUT2D eigenvalue weighted by Gasteiger charge is 2.26. The first kappa shape index (κ1) is 21.0. The minimum absolute atomic E-state index is 0.0359. The van der Waals surface area contributed by atoms with Gasteiger partial charge in [-0.05, 0) is 38.3 Å². The molecule has 7 heteroatoms. The number of carbonyl (C=O) groups is 2. The molecule has 0 radical (unpaired) electrons. The summed E-state index contributed by atoms with van der Waals surface area (Å²) in [6.07, 6.45) is 0.516. The topological polar surface area (TPSA) is 84.7 Å². The summed E-state index contributed by atoms with van der Waals surface area (Å²) in [4.78, 5) is 25.3. The van der Waals surface area contributed by atoms with Gasteiger partial charge in [-0.1, -0.05) is 29.8 Å². The molecule has 7 nitrogen and oxygen atoms in total. The predicted octanol–water partition coefficient (Wildman–Crippen LogP) is 2.49. The number of carbonyl (C=O) groups excluding carboxylic acids is 1. The lowest BCUT2D eigenvalue weighted by Crippen LogP contribution is -2.46. The van der Waals surface area contributed by atoms with Crippen LogP contribution in [0, 0.1) is 20.8 Å². The maximum Gasteiger partial charge on any atom is 0.306 e. The summed E-state index contributed by atoms with van der Waals surface area (Å²) >= 11 is 0. The smallest absolute Gasteiger partial charge is 0.306 e. The van der Waals surface area contributed by atoms with Crippen LogP contribution in [-0.4, -0.2) is 57.5 Å². The number of hydrogen-bond acceptors (Lipinski definition) is 4. The Bertz CT molecular complexity index is 873. The van der Waals surface area contributed by atoms with E-state index < -0.39 is 12.1 Å². The highest BCUT2D eigenvalue weighted by atomic mass is 16.5. The van der Waals surface area contributed by atoms with Crippen LogP contribution in [0.1, 0.15) is 40.9 Å². The summed E-state index contributed by atoms with van der Waals surface area (Å²) in [6, 6.07) is 8.42. The van der Waals surface area contributed by atoms with Crippen molar-refractivity contribution in [2.75, 3.05) is 19.7 Å². The van der Waals surface area contributed by atoms with Crippen LogP contribution in [0.5, 0.6) is 0 Å². The number of aromatic nitrogens is 2. The molecule has 0 bridgehead atoms. The van der Waals surface area contributed by atoms with Crippen LogP contribution in [0.2, 0.25) is 0 Å². The molecule has 1 fully saturated rings. The fourth-order valence-corrected chi connectivity index (χ4v) is 3.77. The molecular weight excluding hydrogens is 370 g/mol. The van der Waals surface area contributed by atoms with Crippen LogP contribution in [0.3, 0.4) is 0 Å². The zero-order valence-electron chi connectivity index (χ0n) is 17.4. The minimum Gasteiger partial charge on any atom is -0.481 e. The number of aliphatic carboxylic acids is 1. The van der Waals surface area contributed by atoms with E-state index in [0.29, 0.717) is 39.1 Å². The van der Waals surface area contributed by atoms with Crippen LogP contribution in [0.25, 0.3) is 0 Å². The van der Waals surface area contributed by atoms with Gasteiger partial charge in [0.15, 0.2) is 0 Å². The lowest BCUT2D eigenvalue weighted by molar-refractivity contribution is -0.147. The van der Waals surface area contributed by atoms with Gasteiger partial charge in [0.05, 0.1) is 31.4 Å². The second kappa shape index (κ2) is 9.22. The lowest BCUT2D eigenvalue weighted by atomic mass is 10.1. The summed E-state index contributed by atoms with van der Waals surface area (Å²) in [5, 5.41) is 13.6. The number of carboxylic acid groups (broad SMARTS) is 1. The number of benzene rings is 1. The molecule has 1 saturated heterocycles. The van der Waals surface area contributed by atoms with Crippen LogP contribution in [0.15, 0.2) is 24.3 Å². The Hall–Kier alpha value is -2.67. The third-order valence-electron chi connectivity index (χ3n) is 5.47. The Morgan fingerprint density at radius 3 is 2.62 bits per heavy atom. The molecule has 0 unspecified atom stereocenters. The zero-order chi connectivity index (χ0) is 21.0. The lowest BCUT2D eigenvalue weighted by Gasteiger charge is -2.32. The van der Waals surface area contributed by atoms with Gasteiger partial charge in [0.25, 0.3) is 0 Å². The van der Waals surface area contributed by atoms with Gasteiger partial charge < -0.3 is 14.7 Å². The fourth-order valence-electron chi connectivity index (χ4n) is 3.77. The normalized spacial score (nSPS) is 16.8. The van der Waals surface area contributed by atoms with E-state index in [9.17, 15) is 9.59 Å². The maximum atomic E-state index is 12.7. The Morgan fingerprint density at radius 2 is 1.93 bits per heavy atom. The molecule has 29 heavy (non-hydrogen) atoms. The van der Waals surface area contributed by atoms with E-state index >= 15 is 0 Å². The number of morpholine rings is 1. The monoisotopic (exact) mass is 399 g/mol. The Morgan fingerprint density at radius 1 is 1.21 bits per heavy atom. The second-order valence-electron chi connectivity index (χ2n) is 7.72.